The molecule has 2 rings (SSSR count). The quantitative estimate of drug-likeness (QED) is 0.673. The van der Waals surface area contributed by atoms with E-state index in [1.54, 1.807) is 0 Å². The zero-order chi connectivity index (χ0) is 15.1. The molecule has 9 heteroatoms. The third-order valence-electron chi connectivity index (χ3n) is 3.01. The van der Waals surface area contributed by atoms with E-state index in [1.807, 2.05) is 0 Å². The molecule has 0 aliphatic carbocycles. The lowest BCUT2D eigenvalue weighted by molar-refractivity contribution is -0.141. The van der Waals surface area contributed by atoms with Gasteiger partial charge < -0.3 is 15.1 Å². The Morgan fingerprint density at radius 3 is 2.50 bits per heavy atom. The third-order valence-corrected chi connectivity index (χ3v) is 3.86. The van der Waals surface area contributed by atoms with Crippen LogP contribution in [0.1, 0.15) is 6.42 Å². The number of aromatic hydroxyl groups is 1. The molecule has 1 aliphatic rings. The Morgan fingerprint density at radius 2 is 2.00 bits per heavy atom. The van der Waals surface area contributed by atoms with Crippen molar-refractivity contribution in [3.05, 3.63) is 18.2 Å². The summed E-state index contributed by atoms with van der Waals surface area (Å²) in [5.74, 6) is -2.99. The molecule has 1 fully saturated rings. The van der Waals surface area contributed by atoms with Gasteiger partial charge in [-0.15, -0.1) is 0 Å². The molecule has 1 aromatic carbocycles. The summed E-state index contributed by atoms with van der Waals surface area (Å²) in [6, 6.07) is 2.91. The number of benzene rings is 1. The molecule has 8 nitrogen and oxygen atoms in total. The number of rotatable bonds is 3. The highest BCUT2D eigenvalue weighted by atomic mass is 32.2. The summed E-state index contributed by atoms with van der Waals surface area (Å²) in [7, 11) is -4.48. The summed E-state index contributed by atoms with van der Waals surface area (Å²) in [4.78, 5) is 23.1. The van der Waals surface area contributed by atoms with Crippen molar-refractivity contribution in [2.45, 2.75) is 11.3 Å². The number of carbonyl (C=O) groups excluding carboxylic acids is 1. The Morgan fingerprint density at radius 1 is 1.35 bits per heavy atom. The molecule has 1 atom stereocenters. The number of carboxylic acid groups (broad SMARTS) is 1. The van der Waals surface area contributed by atoms with Gasteiger partial charge >= 0.3 is 5.97 Å². The van der Waals surface area contributed by atoms with Crippen molar-refractivity contribution in [2.75, 3.05) is 11.4 Å². The highest BCUT2D eigenvalue weighted by molar-refractivity contribution is 7.85. The van der Waals surface area contributed by atoms with Gasteiger partial charge in [-0.2, -0.15) is 8.42 Å². The van der Waals surface area contributed by atoms with Crippen LogP contribution in [0.5, 0.6) is 5.75 Å². The molecule has 0 saturated carbocycles. The monoisotopic (exact) mass is 301 g/mol. The molecular formula is C11H11NO7S. The molecule has 1 unspecified atom stereocenters. The van der Waals surface area contributed by atoms with E-state index in [0.29, 0.717) is 0 Å². The van der Waals surface area contributed by atoms with Crippen LogP contribution in [0.15, 0.2) is 23.1 Å². The van der Waals surface area contributed by atoms with E-state index >= 15 is 0 Å². The number of aliphatic carboxylic acids is 1. The fourth-order valence-electron chi connectivity index (χ4n) is 1.99. The summed E-state index contributed by atoms with van der Waals surface area (Å²) < 4.78 is 31.0. The average molecular weight is 301 g/mol. The summed E-state index contributed by atoms with van der Waals surface area (Å²) >= 11 is 0. The lowest BCUT2D eigenvalue weighted by Gasteiger charge is -2.18. The van der Waals surface area contributed by atoms with Crippen molar-refractivity contribution < 1.29 is 32.8 Å². The van der Waals surface area contributed by atoms with E-state index < -0.39 is 32.8 Å². The van der Waals surface area contributed by atoms with Crippen molar-refractivity contribution in [1.29, 1.82) is 0 Å². The van der Waals surface area contributed by atoms with Gasteiger partial charge in [-0.25, -0.2) is 0 Å². The van der Waals surface area contributed by atoms with Crippen molar-refractivity contribution in [3.8, 4) is 5.75 Å². The van der Waals surface area contributed by atoms with Crippen molar-refractivity contribution in [3.63, 3.8) is 0 Å². The minimum atomic E-state index is -4.48. The first kappa shape index (κ1) is 14.3. The standard InChI is InChI=1S/C11H11NO7S/c13-9-2-1-7(20(17,18)19)4-8(9)12-5-6(11(15)16)3-10(12)14/h1-2,4,6,13H,3,5H2,(H,15,16)(H,17,18,19). The predicted octanol–water partition coefficient (Wildman–Crippen LogP) is 0.0764. The lowest BCUT2D eigenvalue weighted by Crippen LogP contribution is -2.26. The van der Waals surface area contributed by atoms with Crippen molar-refractivity contribution in [2.24, 2.45) is 5.92 Å². The molecule has 1 heterocycles. The summed E-state index contributed by atoms with van der Waals surface area (Å²) in [6.45, 7) is -0.170. The van der Waals surface area contributed by atoms with Crippen LogP contribution in [0.2, 0.25) is 0 Å². The fourth-order valence-corrected chi connectivity index (χ4v) is 2.49. The minimum absolute atomic E-state index is 0.145. The number of amides is 1. The maximum absolute atomic E-state index is 11.7. The SMILES string of the molecule is O=C(O)C1CC(=O)N(c2cc(S(=O)(=O)O)ccc2O)C1. The Hall–Kier alpha value is -2.13. The van der Waals surface area contributed by atoms with E-state index in [2.05, 4.69) is 0 Å². The topological polar surface area (TPSA) is 132 Å². The molecule has 108 valence electrons. The van der Waals surface area contributed by atoms with Gasteiger partial charge in [0.1, 0.15) is 5.75 Å². The predicted molar refractivity (Wildman–Crippen MR) is 66.0 cm³/mol. The van der Waals surface area contributed by atoms with Gasteiger partial charge in [0, 0.05) is 13.0 Å². The van der Waals surface area contributed by atoms with Gasteiger partial charge in [-0.3, -0.25) is 14.1 Å². The van der Waals surface area contributed by atoms with Crippen molar-refractivity contribution in [1.82, 2.24) is 0 Å². The van der Waals surface area contributed by atoms with E-state index in [4.69, 9.17) is 9.66 Å². The number of hydrogen-bond acceptors (Lipinski definition) is 5. The minimum Gasteiger partial charge on any atom is -0.506 e. The first-order chi connectivity index (χ1) is 9.20. The number of hydrogen-bond donors (Lipinski definition) is 3. The number of nitrogens with zero attached hydrogens (tertiary/aromatic N) is 1. The maximum atomic E-state index is 11.7. The van der Waals surface area contributed by atoms with Gasteiger partial charge in [-0.1, -0.05) is 0 Å². The number of phenolic OH excluding ortho intramolecular Hbond substituents is 1. The second-order valence-electron chi connectivity index (χ2n) is 4.37. The van der Waals surface area contributed by atoms with Crippen LogP contribution < -0.4 is 4.90 Å². The second-order valence-corrected chi connectivity index (χ2v) is 5.79. The van der Waals surface area contributed by atoms with Crippen LogP contribution in [-0.2, 0) is 19.7 Å². The smallest absolute Gasteiger partial charge is 0.308 e. The van der Waals surface area contributed by atoms with Crippen LogP contribution >= 0.6 is 0 Å². The Kier molecular flexibility index (Phi) is 3.40. The summed E-state index contributed by atoms with van der Waals surface area (Å²) in [6.07, 6.45) is -0.231. The normalized spacial score (nSPS) is 19.4. The number of carbonyl (C=O) groups is 2. The molecule has 0 bridgehead atoms. The van der Waals surface area contributed by atoms with Gasteiger partial charge in [-0.05, 0) is 18.2 Å². The summed E-state index contributed by atoms with van der Waals surface area (Å²) in [5, 5.41) is 18.6. The summed E-state index contributed by atoms with van der Waals surface area (Å²) in [5.41, 5.74) is -0.145. The molecule has 3 N–H and O–H groups in total. The third kappa shape index (κ3) is 2.58. The molecule has 1 amide bonds. The van der Waals surface area contributed by atoms with E-state index in [-0.39, 0.29) is 24.4 Å². The molecule has 1 aliphatic heterocycles. The Labute approximate surface area is 114 Å². The van der Waals surface area contributed by atoms with Crippen LogP contribution in [0.4, 0.5) is 5.69 Å². The number of anilines is 1. The Bertz CT molecular complexity index is 682. The molecule has 1 aromatic rings. The largest absolute Gasteiger partial charge is 0.506 e. The molecule has 0 radical (unpaired) electrons. The molecule has 0 aromatic heterocycles. The highest BCUT2D eigenvalue weighted by Gasteiger charge is 2.36. The molecular weight excluding hydrogens is 290 g/mol. The molecule has 1 saturated heterocycles. The van der Waals surface area contributed by atoms with Gasteiger partial charge in [0.2, 0.25) is 5.91 Å². The fraction of sp³-hybridized carbons (Fsp3) is 0.273. The maximum Gasteiger partial charge on any atom is 0.308 e. The zero-order valence-corrected chi connectivity index (χ0v) is 10.9. The molecule has 0 spiro atoms. The first-order valence-electron chi connectivity index (χ1n) is 5.54. The lowest BCUT2D eigenvalue weighted by atomic mass is 10.1. The van der Waals surface area contributed by atoms with E-state index in [9.17, 15) is 23.1 Å². The van der Waals surface area contributed by atoms with Gasteiger partial charge in [0.05, 0.1) is 16.5 Å². The Balaban J connectivity index is 2.43. The van der Waals surface area contributed by atoms with Crippen LogP contribution in [0, 0.1) is 5.92 Å². The van der Waals surface area contributed by atoms with Gasteiger partial charge in [0.25, 0.3) is 10.1 Å². The second kappa shape index (κ2) is 4.76. The average Bonchev–Trinajstić information content (AvgIpc) is 2.70. The van der Waals surface area contributed by atoms with E-state index in [0.717, 1.165) is 23.1 Å². The van der Waals surface area contributed by atoms with Crippen LogP contribution in [0.3, 0.4) is 0 Å². The number of phenols is 1. The zero-order valence-electron chi connectivity index (χ0n) is 10.1. The van der Waals surface area contributed by atoms with Crippen molar-refractivity contribution >= 4 is 27.7 Å². The number of carboxylic acids is 1. The first-order valence-corrected chi connectivity index (χ1v) is 6.98. The highest BCUT2D eigenvalue weighted by Crippen LogP contribution is 2.34. The molecule has 20 heavy (non-hydrogen) atoms. The van der Waals surface area contributed by atoms with Gasteiger partial charge in [0.15, 0.2) is 0 Å². The van der Waals surface area contributed by atoms with Crippen LogP contribution in [0.25, 0.3) is 0 Å². The van der Waals surface area contributed by atoms with Crippen LogP contribution in [-0.4, -0.2) is 41.6 Å². The van der Waals surface area contributed by atoms with E-state index in [1.165, 1.54) is 0 Å².